The molecule has 0 radical (unpaired) electrons. The standard InChI is InChI=1S/C17H16BrNO2/c1-2-17(21-15-8-6-14(18)7-9-15)16(20)10-5-13-4-3-11-19-12-13/h3-4,6-9,11-12,16-17,20H,2H2,1H3/t16?,17-/m0/s1. The van der Waals surface area contributed by atoms with E-state index in [-0.39, 0.29) is 6.10 Å². The maximum atomic E-state index is 10.2. The van der Waals surface area contributed by atoms with Crippen LogP contribution in [0.5, 0.6) is 5.75 Å². The van der Waals surface area contributed by atoms with Crippen molar-refractivity contribution in [3.05, 3.63) is 58.8 Å². The SMILES string of the molecule is CC[C@H](Oc1ccc(Br)cc1)C(O)C#Cc1cccnc1. The average molecular weight is 346 g/mol. The Labute approximate surface area is 133 Å². The van der Waals surface area contributed by atoms with Gasteiger partial charge in [0.25, 0.3) is 0 Å². The van der Waals surface area contributed by atoms with Gasteiger partial charge in [0, 0.05) is 22.4 Å². The largest absolute Gasteiger partial charge is 0.487 e. The number of hydrogen-bond acceptors (Lipinski definition) is 3. The topological polar surface area (TPSA) is 42.4 Å². The molecule has 2 aromatic rings. The summed E-state index contributed by atoms with van der Waals surface area (Å²) in [5.41, 5.74) is 0.773. The number of pyridine rings is 1. The molecule has 0 bridgehead atoms. The van der Waals surface area contributed by atoms with E-state index in [1.54, 1.807) is 12.4 Å². The van der Waals surface area contributed by atoms with Crippen molar-refractivity contribution >= 4 is 15.9 Å². The third-order valence-electron chi connectivity index (χ3n) is 2.88. The molecule has 3 nitrogen and oxygen atoms in total. The minimum Gasteiger partial charge on any atom is -0.487 e. The van der Waals surface area contributed by atoms with Crippen LogP contribution in [-0.2, 0) is 0 Å². The molecule has 1 aromatic heterocycles. The number of aromatic nitrogens is 1. The van der Waals surface area contributed by atoms with Crippen LogP contribution < -0.4 is 4.74 Å². The zero-order valence-corrected chi connectivity index (χ0v) is 13.2. The fourth-order valence-electron chi connectivity index (χ4n) is 1.75. The highest BCUT2D eigenvalue weighted by atomic mass is 79.9. The highest BCUT2D eigenvalue weighted by molar-refractivity contribution is 9.10. The molecule has 0 aliphatic rings. The van der Waals surface area contributed by atoms with Crippen LogP contribution >= 0.6 is 15.9 Å². The van der Waals surface area contributed by atoms with Crippen LogP contribution in [0.15, 0.2) is 53.3 Å². The first-order valence-corrected chi connectivity index (χ1v) is 7.50. The van der Waals surface area contributed by atoms with Gasteiger partial charge in [-0.15, -0.1) is 0 Å². The average Bonchev–Trinajstić information content (AvgIpc) is 2.53. The third kappa shape index (κ3) is 4.89. The van der Waals surface area contributed by atoms with Gasteiger partial charge in [-0.05, 0) is 42.8 Å². The highest BCUT2D eigenvalue weighted by Crippen LogP contribution is 2.19. The molecule has 2 rings (SSSR count). The normalized spacial score (nSPS) is 12.9. The molecule has 108 valence electrons. The lowest BCUT2D eigenvalue weighted by molar-refractivity contribution is 0.0704. The van der Waals surface area contributed by atoms with Crippen LogP contribution in [0.2, 0.25) is 0 Å². The molecule has 0 spiro atoms. The van der Waals surface area contributed by atoms with E-state index in [9.17, 15) is 5.11 Å². The number of benzene rings is 1. The Morgan fingerprint density at radius 3 is 2.67 bits per heavy atom. The molecule has 1 unspecified atom stereocenters. The summed E-state index contributed by atoms with van der Waals surface area (Å²) in [4.78, 5) is 3.98. The summed E-state index contributed by atoms with van der Waals surface area (Å²) < 4.78 is 6.77. The summed E-state index contributed by atoms with van der Waals surface area (Å²) >= 11 is 3.38. The van der Waals surface area contributed by atoms with E-state index in [0.29, 0.717) is 12.2 Å². The van der Waals surface area contributed by atoms with Crippen LogP contribution in [0.1, 0.15) is 18.9 Å². The van der Waals surface area contributed by atoms with E-state index in [1.807, 2.05) is 43.3 Å². The number of aliphatic hydroxyl groups is 1. The predicted molar refractivity (Wildman–Crippen MR) is 86.0 cm³/mol. The minimum atomic E-state index is -0.848. The zero-order valence-electron chi connectivity index (χ0n) is 11.7. The van der Waals surface area contributed by atoms with E-state index >= 15 is 0 Å². The van der Waals surface area contributed by atoms with E-state index < -0.39 is 6.10 Å². The summed E-state index contributed by atoms with van der Waals surface area (Å²) in [6.45, 7) is 1.96. The fourth-order valence-corrected chi connectivity index (χ4v) is 2.01. The van der Waals surface area contributed by atoms with Crippen LogP contribution in [0, 0.1) is 11.8 Å². The molecule has 21 heavy (non-hydrogen) atoms. The molecule has 2 atom stereocenters. The number of halogens is 1. The van der Waals surface area contributed by atoms with Crippen molar-refractivity contribution in [1.82, 2.24) is 4.98 Å². The maximum Gasteiger partial charge on any atom is 0.151 e. The van der Waals surface area contributed by atoms with E-state index in [1.165, 1.54) is 0 Å². The number of rotatable bonds is 4. The van der Waals surface area contributed by atoms with Gasteiger partial charge in [0.15, 0.2) is 6.10 Å². The van der Waals surface area contributed by atoms with Crippen molar-refractivity contribution in [3.63, 3.8) is 0 Å². The van der Waals surface area contributed by atoms with Gasteiger partial charge < -0.3 is 9.84 Å². The van der Waals surface area contributed by atoms with Crippen molar-refractivity contribution in [2.24, 2.45) is 0 Å². The van der Waals surface area contributed by atoms with Gasteiger partial charge in [0.2, 0.25) is 0 Å². The van der Waals surface area contributed by atoms with Crippen molar-refractivity contribution in [1.29, 1.82) is 0 Å². The molecule has 0 aliphatic carbocycles. The quantitative estimate of drug-likeness (QED) is 0.863. The molecular weight excluding hydrogens is 330 g/mol. The second-order valence-electron chi connectivity index (χ2n) is 4.47. The smallest absolute Gasteiger partial charge is 0.151 e. The maximum absolute atomic E-state index is 10.2. The molecule has 0 saturated carbocycles. The molecule has 1 aromatic carbocycles. The Bertz CT molecular complexity index is 617. The van der Waals surface area contributed by atoms with E-state index in [4.69, 9.17) is 4.74 Å². The van der Waals surface area contributed by atoms with E-state index in [0.717, 1.165) is 10.0 Å². The van der Waals surface area contributed by atoms with E-state index in [2.05, 4.69) is 32.8 Å². The Morgan fingerprint density at radius 2 is 2.05 bits per heavy atom. The van der Waals surface area contributed by atoms with Gasteiger partial charge in [-0.3, -0.25) is 4.98 Å². The Balaban J connectivity index is 2.03. The van der Waals surface area contributed by atoms with Gasteiger partial charge >= 0.3 is 0 Å². The van der Waals surface area contributed by atoms with Gasteiger partial charge in [-0.1, -0.05) is 34.7 Å². The monoisotopic (exact) mass is 345 g/mol. The lowest BCUT2D eigenvalue weighted by Crippen LogP contribution is -2.29. The second kappa shape index (κ2) is 7.82. The third-order valence-corrected chi connectivity index (χ3v) is 3.41. The van der Waals surface area contributed by atoms with Crippen molar-refractivity contribution in [3.8, 4) is 17.6 Å². The number of aliphatic hydroxyl groups excluding tert-OH is 1. The van der Waals surface area contributed by atoms with Crippen LogP contribution in [0.4, 0.5) is 0 Å². The van der Waals surface area contributed by atoms with Gasteiger partial charge in [-0.2, -0.15) is 0 Å². The van der Waals surface area contributed by atoms with Gasteiger partial charge in [-0.25, -0.2) is 0 Å². The van der Waals surface area contributed by atoms with Gasteiger partial charge in [0.1, 0.15) is 11.9 Å². The summed E-state index contributed by atoms with van der Waals surface area (Å²) in [5, 5.41) is 10.2. The Morgan fingerprint density at radius 1 is 1.29 bits per heavy atom. The number of nitrogens with zero attached hydrogens (tertiary/aromatic N) is 1. The van der Waals surface area contributed by atoms with Crippen LogP contribution in [0.3, 0.4) is 0 Å². The molecular formula is C17H16BrNO2. The Hall–Kier alpha value is -1.83. The summed E-state index contributed by atoms with van der Waals surface area (Å²) in [5.74, 6) is 6.43. The molecule has 0 amide bonds. The summed E-state index contributed by atoms with van der Waals surface area (Å²) in [7, 11) is 0. The molecule has 0 aliphatic heterocycles. The van der Waals surface area contributed by atoms with Gasteiger partial charge in [0.05, 0.1) is 0 Å². The first-order valence-electron chi connectivity index (χ1n) is 6.71. The second-order valence-corrected chi connectivity index (χ2v) is 5.39. The number of hydrogen-bond donors (Lipinski definition) is 1. The molecule has 1 heterocycles. The van der Waals surface area contributed by atoms with Crippen LogP contribution in [0.25, 0.3) is 0 Å². The Kier molecular flexibility index (Phi) is 5.79. The first-order chi connectivity index (χ1) is 10.2. The van der Waals surface area contributed by atoms with Crippen LogP contribution in [-0.4, -0.2) is 22.3 Å². The fraction of sp³-hybridized carbons (Fsp3) is 0.235. The zero-order chi connectivity index (χ0) is 15.1. The highest BCUT2D eigenvalue weighted by Gasteiger charge is 2.17. The summed E-state index contributed by atoms with van der Waals surface area (Å²) in [6, 6.07) is 11.2. The summed E-state index contributed by atoms with van der Waals surface area (Å²) in [6.07, 6.45) is 2.80. The first kappa shape index (κ1) is 15.6. The lowest BCUT2D eigenvalue weighted by Gasteiger charge is -2.19. The van der Waals surface area contributed by atoms with Crippen molar-refractivity contribution in [2.45, 2.75) is 25.6 Å². The van der Waals surface area contributed by atoms with Crippen molar-refractivity contribution in [2.75, 3.05) is 0 Å². The predicted octanol–water partition coefficient (Wildman–Crippen LogP) is 3.41. The van der Waals surface area contributed by atoms with Crippen molar-refractivity contribution < 1.29 is 9.84 Å². The molecule has 0 fully saturated rings. The molecule has 0 saturated heterocycles. The molecule has 1 N–H and O–H groups in total. The minimum absolute atomic E-state index is 0.365. The molecule has 4 heteroatoms. The number of ether oxygens (including phenoxy) is 1. The lowest BCUT2D eigenvalue weighted by atomic mass is 10.1.